The molecule has 0 amide bonds. The largest absolute Gasteiger partial charge is 0.397 e. The highest BCUT2D eigenvalue weighted by Gasteiger charge is 2.16. The van der Waals surface area contributed by atoms with Crippen molar-refractivity contribution in [3.63, 3.8) is 0 Å². The molecule has 2 heterocycles. The van der Waals surface area contributed by atoms with Crippen LogP contribution in [-0.2, 0) is 0 Å². The molecule has 0 unspecified atom stereocenters. The first-order chi connectivity index (χ1) is 11.5. The number of imidazole rings is 1. The smallest absolute Gasteiger partial charge is 0.150 e. The van der Waals surface area contributed by atoms with Gasteiger partial charge < -0.3 is 11.5 Å². The van der Waals surface area contributed by atoms with Crippen LogP contribution in [0.2, 0.25) is 0 Å². The Bertz CT molecular complexity index is 1080. The van der Waals surface area contributed by atoms with E-state index in [1.807, 2.05) is 16.5 Å². The van der Waals surface area contributed by atoms with Crippen molar-refractivity contribution < 1.29 is 0 Å². The number of nitrogen functional groups attached to an aromatic ring is 2. The molecule has 24 heavy (non-hydrogen) atoms. The van der Waals surface area contributed by atoms with Crippen molar-refractivity contribution in [1.29, 1.82) is 0 Å². The number of nitrogens with zero attached hydrogens (tertiary/aromatic N) is 3. The summed E-state index contributed by atoms with van der Waals surface area (Å²) >= 11 is 0. The Labute approximate surface area is 140 Å². The molecule has 2 aromatic heterocycles. The molecular weight excluding hydrogens is 298 g/mol. The fourth-order valence-corrected chi connectivity index (χ4v) is 3.61. The number of aryl methyl sites for hydroxylation is 3. The third-order valence-electron chi connectivity index (χ3n) is 4.50. The minimum atomic E-state index is 0.453. The molecule has 5 nitrogen and oxygen atoms in total. The van der Waals surface area contributed by atoms with Crippen molar-refractivity contribution in [3.8, 4) is 11.1 Å². The van der Waals surface area contributed by atoms with Crippen LogP contribution < -0.4 is 11.5 Å². The van der Waals surface area contributed by atoms with E-state index < -0.39 is 0 Å². The first-order valence-electron chi connectivity index (χ1n) is 7.85. The van der Waals surface area contributed by atoms with Crippen molar-refractivity contribution in [2.75, 3.05) is 11.5 Å². The third kappa shape index (κ3) is 1.94. The molecular formula is C19H19N5. The van der Waals surface area contributed by atoms with Crippen LogP contribution in [0.5, 0.6) is 0 Å². The Morgan fingerprint density at radius 1 is 1.00 bits per heavy atom. The molecule has 2 aromatic carbocycles. The van der Waals surface area contributed by atoms with Crippen molar-refractivity contribution in [3.05, 3.63) is 53.5 Å². The summed E-state index contributed by atoms with van der Waals surface area (Å²) in [6.45, 7) is 6.35. The lowest BCUT2D eigenvalue weighted by molar-refractivity contribution is 1.19. The lowest BCUT2D eigenvalue weighted by Gasteiger charge is -2.16. The molecule has 0 fully saturated rings. The molecule has 0 bridgehead atoms. The van der Waals surface area contributed by atoms with Crippen molar-refractivity contribution in [2.45, 2.75) is 20.8 Å². The van der Waals surface area contributed by atoms with E-state index in [0.717, 1.165) is 22.1 Å². The van der Waals surface area contributed by atoms with Gasteiger partial charge in [0.1, 0.15) is 11.3 Å². The van der Waals surface area contributed by atoms with E-state index in [0.29, 0.717) is 11.5 Å². The molecule has 0 saturated carbocycles. The molecule has 0 atom stereocenters. The molecule has 0 aliphatic carbocycles. The second-order valence-electron chi connectivity index (χ2n) is 6.32. The summed E-state index contributed by atoms with van der Waals surface area (Å²) in [5, 5.41) is 0. The highest BCUT2D eigenvalue weighted by atomic mass is 15.0. The van der Waals surface area contributed by atoms with E-state index in [-0.39, 0.29) is 0 Å². The van der Waals surface area contributed by atoms with E-state index >= 15 is 0 Å². The van der Waals surface area contributed by atoms with Crippen LogP contribution in [0.4, 0.5) is 11.5 Å². The lowest BCUT2D eigenvalue weighted by Crippen LogP contribution is -2.02. The molecule has 4 aromatic rings. The van der Waals surface area contributed by atoms with E-state index in [4.69, 9.17) is 11.5 Å². The summed E-state index contributed by atoms with van der Waals surface area (Å²) in [5.74, 6) is 0.453. The lowest BCUT2D eigenvalue weighted by atomic mass is 9.92. The molecule has 0 spiro atoms. The number of rotatable bonds is 1. The Balaban J connectivity index is 2.19. The third-order valence-corrected chi connectivity index (χ3v) is 4.50. The first-order valence-corrected chi connectivity index (χ1v) is 7.85. The molecule has 0 saturated heterocycles. The normalized spacial score (nSPS) is 11.5. The molecule has 0 aliphatic rings. The molecule has 4 rings (SSSR count). The maximum Gasteiger partial charge on any atom is 0.150 e. The van der Waals surface area contributed by atoms with E-state index in [1.165, 1.54) is 22.3 Å². The minimum absolute atomic E-state index is 0.453. The topological polar surface area (TPSA) is 82.2 Å². The first kappa shape index (κ1) is 14.5. The fourth-order valence-electron chi connectivity index (χ4n) is 3.61. The maximum absolute atomic E-state index is 6.25. The van der Waals surface area contributed by atoms with Gasteiger partial charge in [-0.2, -0.15) is 0 Å². The molecule has 5 heteroatoms. The van der Waals surface area contributed by atoms with E-state index in [9.17, 15) is 0 Å². The van der Waals surface area contributed by atoms with Gasteiger partial charge in [-0.3, -0.25) is 4.40 Å². The number of hydrogen-bond acceptors (Lipinski definition) is 4. The SMILES string of the molecule is Cc1cc(C)c(-c2ccc(N)c3c2nc(N)c2cncn23)c(C)c1. The highest BCUT2D eigenvalue weighted by Crippen LogP contribution is 2.36. The predicted octanol–water partition coefficient (Wildman–Crippen LogP) is 3.64. The Morgan fingerprint density at radius 3 is 2.42 bits per heavy atom. The van der Waals surface area contributed by atoms with Crippen LogP contribution in [0, 0.1) is 20.8 Å². The van der Waals surface area contributed by atoms with Crippen LogP contribution in [0.15, 0.2) is 36.8 Å². The van der Waals surface area contributed by atoms with Crippen molar-refractivity contribution in [2.24, 2.45) is 0 Å². The molecule has 120 valence electrons. The standard InChI is InChI=1S/C19H19N5/c1-10-6-11(2)16(12(3)7-10)13-4-5-14(20)18-17(13)23-19(21)15-8-22-9-24(15)18/h4-9H,20H2,1-3H3,(H2,21,23). The summed E-state index contributed by atoms with van der Waals surface area (Å²) in [5.41, 5.74) is 21.4. The second kappa shape index (κ2) is 4.96. The summed E-state index contributed by atoms with van der Waals surface area (Å²) in [7, 11) is 0. The quantitative estimate of drug-likeness (QED) is 0.525. The van der Waals surface area contributed by atoms with E-state index in [2.05, 4.69) is 42.9 Å². The molecule has 0 radical (unpaired) electrons. The van der Waals surface area contributed by atoms with Crippen LogP contribution >= 0.6 is 0 Å². The van der Waals surface area contributed by atoms with Crippen LogP contribution in [0.25, 0.3) is 27.7 Å². The Morgan fingerprint density at radius 2 is 1.71 bits per heavy atom. The number of fused-ring (bicyclic) bond motifs is 3. The average Bonchev–Trinajstić information content (AvgIpc) is 2.98. The van der Waals surface area contributed by atoms with Crippen molar-refractivity contribution >= 4 is 28.1 Å². The van der Waals surface area contributed by atoms with Gasteiger partial charge in [-0.15, -0.1) is 0 Å². The van der Waals surface area contributed by atoms with Gasteiger partial charge in [0.2, 0.25) is 0 Å². The van der Waals surface area contributed by atoms with Gasteiger partial charge in [-0.25, -0.2) is 9.97 Å². The average molecular weight is 317 g/mol. The van der Waals surface area contributed by atoms with Crippen molar-refractivity contribution in [1.82, 2.24) is 14.4 Å². The van der Waals surface area contributed by atoms with Gasteiger partial charge in [0, 0.05) is 5.56 Å². The highest BCUT2D eigenvalue weighted by molar-refractivity contribution is 6.01. The van der Waals surface area contributed by atoms with Gasteiger partial charge in [-0.05, 0) is 49.6 Å². The van der Waals surface area contributed by atoms with Crippen LogP contribution in [-0.4, -0.2) is 14.4 Å². The predicted molar refractivity (Wildman–Crippen MR) is 99.0 cm³/mol. The Hall–Kier alpha value is -3.08. The monoisotopic (exact) mass is 317 g/mol. The minimum Gasteiger partial charge on any atom is -0.397 e. The maximum atomic E-state index is 6.25. The number of aromatic nitrogens is 3. The van der Waals surface area contributed by atoms with Gasteiger partial charge in [0.25, 0.3) is 0 Å². The number of benzene rings is 2. The fraction of sp³-hybridized carbons (Fsp3) is 0.158. The van der Waals surface area contributed by atoms with Gasteiger partial charge >= 0.3 is 0 Å². The van der Waals surface area contributed by atoms with Gasteiger partial charge in [0.15, 0.2) is 0 Å². The molecule has 4 N–H and O–H groups in total. The number of anilines is 2. The summed E-state index contributed by atoms with van der Waals surface area (Å²) in [6, 6.07) is 8.32. The zero-order valence-corrected chi connectivity index (χ0v) is 14.0. The van der Waals surface area contributed by atoms with Gasteiger partial charge in [0.05, 0.1) is 29.2 Å². The zero-order valence-electron chi connectivity index (χ0n) is 14.0. The summed E-state index contributed by atoms with van der Waals surface area (Å²) in [6.07, 6.45) is 3.43. The van der Waals surface area contributed by atoms with Crippen LogP contribution in [0.3, 0.4) is 0 Å². The second-order valence-corrected chi connectivity index (χ2v) is 6.32. The summed E-state index contributed by atoms with van der Waals surface area (Å²) in [4.78, 5) is 8.84. The van der Waals surface area contributed by atoms with Gasteiger partial charge in [-0.1, -0.05) is 17.7 Å². The number of nitrogens with two attached hydrogens (primary N) is 2. The van der Waals surface area contributed by atoms with Crippen LogP contribution in [0.1, 0.15) is 16.7 Å². The zero-order chi connectivity index (χ0) is 17.0. The number of hydrogen-bond donors (Lipinski definition) is 2. The van der Waals surface area contributed by atoms with E-state index in [1.54, 1.807) is 12.5 Å². The Kier molecular flexibility index (Phi) is 3.00. The summed E-state index contributed by atoms with van der Waals surface area (Å²) < 4.78 is 1.91. The molecule has 0 aliphatic heterocycles.